The lowest BCUT2D eigenvalue weighted by Gasteiger charge is -2.39. The Balaban J connectivity index is 1.99. The second-order valence-electron chi connectivity index (χ2n) is 5.29. The van der Waals surface area contributed by atoms with Crippen molar-refractivity contribution < 1.29 is 9.18 Å². The maximum Gasteiger partial charge on any atom is 0.251 e. The first-order valence-electron chi connectivity index (χ1n) is 7.41. The highest BCUT2D eigenvalue weighted by atomic mass is 19.1. The van der Waals surface area contributed by atoms with Gasteiger partial charge >= 0.3 is 0 Å². The zero-order chi connectivity index (χ0) is 15.2. The summed E-state index contributed by atoms with van der Waals surface area (Å²) >= 11 is 0. The lowest BCUT2D eigenvalue weighted by atomic mass is 10.1. The van der Waals surface area contributed by atoms with Gasteiger partial charge in [-0.25, -0.2) is 10.2 Å². The van der Waals surface area contributed by atoms with Gasteiger partial charge < -0.3 is 4.90 Å². The minimum atomic E-state index is -0.198. The lowest BCUT2D eigenvalue weighted by molar-refractivity contribution is -0.127. The SMILES string of the molecule is CCCC(C(=O)NN)N1CCN(c2ccccc2F)CC1. The number of halogens is 1. The van der Waals surface area contributed by atoms with E-state index in [0.717, 1.165) is 25.9 Å². The van der Waals surface area contributed by atoms with Gasteiger partial charge in [0.25, 0.3) is 5.91 Å². The summed E-state index contributed by atoms with van der Waals surface area (Å²) in [6.45, 7) is 4.92. The second kappa shape index (κ2) is 7.38. The Morgan fingerprint density at radius 2 is 2.00 bits per heavy atom. The average Bonchev–Trinajstić information content (AvgIpc) is 2.53. The fourth-order valence-corrected chi connectivity index (χ4v) is 2.83. The molecule has 1 atom stereocenters. The molecule has 3 N–H and O–H groups in total. The van der Waals surface area contributed by atoms with E-state index in [0.29, 0.717) is 18.8 Å². The number of nitrogens with one attached hydrogen (secondary N) is 1. The predicted molar refractivity (Wildman–Crippen MR) is 81.2 cm³/mol. The van der Waals surface area contributed by atoms with E-state index in [-0.39, 0.29) is 17.8 Å². The van der Waals surface area contributed by atoms with Crippen LogP contribution in [-0.4, -0.2) is 43.0 Å². The molecule has 1 saturated heterocycles. The van der Waals surface area contributed by atoms with Crippen molar-refractivity contribution in [1.82, 2.24) is 10.3 Å². The molecule has 5 nitrogen and oxygen atoms in total. The fraction of sp³-hybridized carbons (Fsp3) is 0.533. The highest BCUT2D eigenvalue weighted by molar-refractivity contribution is 5.81. The van der Waals surface area contributed by atoms with E-state index < -0.39 is 0 Å². The summed E-state index contributed by atoms with van der Waals surface area (Å²) in [6, 6.07) is 6.61. The van der Waals surface area contributed by atoms with Crippen LogP contribution in [-0.2, 0) is 4.79 Å². The zero-order valence-electron chi connectivity index (χ0n) is 12.4. The molecule has 0 spiro atoms. The smallest absolute Gasteiger partial charge is 0.251 e. The van der Waals surface area contributed by atoms with Crippen molar-refractivity contribution in [3.05, 3.63) is 30.1 Å². The zero-order valence-corrected chi connectivity index (χ0v) is 12.4. The maximum absolute atomic E-state index is 13.8. The molecule has 0 aromatic heterocycles. The normalized spacial score (nSPS) is 17.6. The van der Waals surface area contributed by atoms with E-state index in [1.807, 2.05) is 17.9 Å². The molecule has 21 heavy (non-hydrogen) atoms. The number of carbonyl (C=O) groups excluding carboxylic acids is 1. The van der Waals surface area contributed by atoms with Gasteiger partial charge in [0.2, 0.25) is 0 Å². The number of anilines is 1. The van der Waals surface area contributed by atoms with E-state index in [4.69, 9.17) is 5.84 Å². The van der Waals surface area contributed by atoms with E-state index in [9.17, 15) is 9.18 Å². The van der Waals surface area contributed by atoms with Crippen LogP contribution in [0.1, 0.15) is 19.8 Å². The Morgan fingerprint density at radius 3 is 2.57 bits per heavy atom. The minimum absolute atomic E-state index is 0.142. The highest BCUT2D eigenvalue weighted by Gasteiger charge is 2.28. The number of piperazine rings is 1. The van der Waals surface area contributed by atoms with Crippen LogP contribution in [0.3, 0.4) is 0 Å². The molecule has 2 rings (SSSR count). The molecule has 1 fully saturated rings. The first kappa shape index (κ1) is 15.7. The topological polar surface area (TPSA) is 61.6 Å². The molecule has 1 unspecified atom stereocenters. The van der Waals surface area contributed by atoms with Crippen molar-refractivity contribution in [2.24, 2.45) is 5.84 Å². The molecule has 0 saturated carbocycles. The third-order valence-corrected chi connectivity index (χ3v) is 3.96. The number of nitrogens with zero attached hydrogens (tertiary/aromatic N) is 2. The van der Waals surface area contributed by atoms with Crippen molar-refractivity contribution in [1.29, 1.82) is 0 Å². The fourth-order valence-electron chi connectivity index (χ4n) is 2.83. The molecule has 0 bridgehead atoms. The molecule has 1 aliphatic heterocycles. The largest absolute Gasteiger partial charge is 0.367 e. The van der Waals surface area contributed by atoms with Crippen LogP contribution < -0.4 is 16.2 Å². The number of hydrogen-bond acceptors (Lipinski definition) is 4. The molecule has 1 heterocycles. The Kier molecular flexibility index (Phi) is 5.52. The number of hydrazine groups is 1. The van der Waals surface area contributed by atoms with Crippen LogP contribution in [0, 0.1) is 5.82 Å². The van der Waals surface area contributed by atoms with Gasteiger partial charge in [0, 0.05) is 26.2 Å². The van der Waals surface area contributed by atoms with Crippen LogP contribution in [0.2, 0.25) is 0 Å². The molecule has 116 valence electrons. The Morgan fingerprint density at radius 1 is 1.33 bits per heavy atom. The van der Waals surface area contributed by atoms with Crippen LogP contribution in [0.25, 0.3) is 0 Å². The maximum atomic E-state index is 13.8. The van der Waals surface area contributed by atoms with Crippen molar-refractivity contribution in [3.63, 3.8) is 0 Å². The second-order valence-corrected chi connectivity index (χ2v) is 5.29. The lowest BCUT2D eigenvalue weighted by Crippen LogP contribution is -2.56. The van der Waals surface area contributed by atoms with E-state index in [1.54, 1.807) is 12.1 Å². The average molecular weight is 294 g/mol. The Hall–Kier alpha value is -1.66. The Bertz CT molecular complexity index is 474. The van der Waals surface area contributed by atoms with Crippen LogP contribution in [0.5, 0.6) is 0 Å². The van der Waals surface area contributed by atoms with Gasteiger partial charge in [-0.15, -0.1) is 0 Å². The van der Waals surface area contributed by atoms with Gasteiger partial charge in [-0.3, -0.25) is 15.1 Å². The summed E-state index contributed by atoms with van der Waals surface area (Å²) in [6.07, 6.45) is 1.70. The summed E-state index contributed by atoms with van der Waals surface area (Å²) in [5.74, 6) is 4.92. The van der Waals surface area contributed by atoms with Crippen LogP contribution in [0.15, 0.2) is 24.3 Å². The van der Waals surface area contributed by atoms with Crippen molar-refractivity contribution in [3.8, 4) is 0 Å². The number of amides is 1. The van der Waals surface area contributed by atoms with Gasteiger partial charge in [0.1, 0.15) is 5.82 Å². The number of nitrogens with two attached hydrogens (primary N) is 1. The molecular formula is C15H23FN4O. The number of carbonyl (C=O) groups is 1. The van der Waals surface area contributed by atoms with Gasteiger partial charge in [0.05, 0.1) is 11.7 Å². The molecule has 1 aliphatic rings. The van der Waals surface area contributed by atoms with Gasteiger partial charge in [-0.05, 0) is 18.6 Å². The number of hydrogen-bond donors (Lipinski definition) is 2. The third-order valence-electron chi connectivity index (χ3n) is 3.96. The highest BCUT2D eigenvalue weighted by Crippen LogP contribution is 2.21. The molecule has 0 aliphatic carbocycles. The quantitative estimate of drug-likeness (QED) is 0.485. The summed E-state index contributed by atoms with van der Waals surface area (Å²) in [7, 11) is 0. The standard InChI is InChI=1S/C15H23FN4O/c1-2-5-14(15(21)18-17)20-10-8-19(9-11-20)13-7-4-3-6-12(13)16/h3-4,6-7,14H,2,5,8-11,17H2,1H3,(H,18,21). The first-order chi connectivity index (χ1) is 10.2. The third kappa shape index (κ3) is 3.71. The molecule has 6 heteroatoms. The summed E-state index contributed by atoms with van der Waals surface area (Å²) in [5.41, 5.74) is 2.88. The van der Waals surface area contributed by atoms with Gasteiger partial charge in [-0.1, -0.05) is 25.5 Å². The molecule has 1 aromatic rings. The number of para-hydroxylation sites is 1. The first-order valence-corrected chi connectivity index (χ1v) is 7.41. The van der Waals surface area contributed by atoms with Crippen LogP contribution >= 0.6 is 0 Å². The predicted octanol–water partition coefficient (Wildman–Crippen LogP) is 1.11. The number of benzene rings is 1. The van der Waals surface area contributed by atoms with E-state index in [1.165, 1.54) is 6.07 Å². The summed E-state index contributed by atoms with van der Waals surface area (Å²) in [5, 5.41) is 0. The van der Waals surface area contributed by atoms with Crippen molar-refractivity contribution in [2.75, 3.05) is 31.1 Å². The Labute approximate surface area is 124 Å². The van der Waals surface area contributed by atoms with E-state index >= 15 is 0 Å². The van der Waals surface area contributed by atoms with Crippen LogP contribution in [0.4, 0.5) is 10.1 Å². The summed E-state index contributed by atoms with van der Waals surface area (Å²) < 4.78 is 13.8. The molecular weight excluding hydrogens is 271 g/mol. The summed E-state index contributed by atoms with van der Waals surface area (Å²) in [4.78, 5) is 16.0. The molecule has 0 radical (unpaired) electrons. The van der Waals surface area contributed by atoms with Crippen molar-refractivity contribution >= 4 is 11.6 Å². The monoisotopic (exact) mass is 294 g/mol. The van der Waals surface area contributed by atoms with E-state index in [2.05, 4.69) is 10.3 Å². The minimum Gasteiger partial charge on any atom is -0.367 e. The van der Waals surface area contributed by atoms with Crippen molar-refractivity contribution in [2.45, 2.75) is 25.8 Å². The molecule has 1 aromatic carbocycles. The molecule has 1 amide bonds. The van der Waals surface area contributed by atoms with Gasteiger partial charge in [0.15, 0.2) is 0 Å². The number of rotatable bonds is 5. The van der Waals surface area contributed by atoms with Gasteiger partial charge in [-0.2, -0.15) is 0 Å².